The van der Waals surface area contributed by atoms with Crippen molar-refractivity contribution in [3.8, 4) is 11.5 Å². The number of benzene rings is 3. The second-order valence-corrected chi connectivity index (χ2v) is 7.89. The predicted octanol–water partition coefficient (Wildman–Crippen LogP) is 5.07. The van der Waals surface area contributed by atoms with E-state index >= 15 is 0 Å². The summed E-state index contributed by atoms with van der Waals surface area (Å²) in [6, 6.07) is 25.7. The van der Waals surface area contributed by atoms with Gasteiger partial charge in [-0.2, -0.15) is 0 Å². The maximum atomic E-state index is 12.1. The summed E-state index contributed by atoms with van der Waals surface area (Å²) in [6.45, 7) is 1.59. The summed E-state index contributed by atoms with van der Waals surface area (Å²) in [6.07, 6.45) is 1.82. The minimum atomic E-state index is -0.00136. The first kappa shape index (κ1) is 20.1. The summed E-state index contributed by atoms with van der Waals surface area (Å²) >= 11 is 0. The number of amides is 1. The van der Waals surface area contributed by atoms with Crippen molar-refractivity contribution in [2.45, 2.75) is 26.1 Å². The Morgan fingerprint density at radius 3 is 2.56 bits per heavy atom. The summed E-state index contributed by atoms with van der Waals surface area (Å²) in [5, 5.41) is 4.04. The Balaban J connectivity index is 1.18. The molecule has 160 valence electrons. The number of aromatic nitrogens is 1. The van der Waals surface area contributed by atoms with Gasteiger partial charge in [0, 0.05) is 17.5 Å². The van der Waals surface area contributed by atoms with Crippen LogP contribution in [0.25, 0.3) is 10.9 Å². The monoisotopic (exact) mass is 424 g/mol. The normalized spacial score (nSPS) is 13.2. The van der Waals surface area contributed by atoms with Crippen LogP contribution >= 0.6 is 0 Å². The maximum absolute atomic E-state index is 12.1. The van der Waals surface area contributed by atoms with E-state index in [2.05, 4.69) is 22.4 Å². The fourth-order valence-electron chi connectivity index (χ4n) is 3.86. The third kappa shape index (κ3) is 4.57. The molecule has 0 unspecified atom stereocenters. The zero-order valence-corrected chi connectivity index (χ0v) is 17.7. The molecule has 5 heteroatoms. The quantitative estimate of drug-likeness (QED) is 0.470. The Morgan fingerprint density at radius 2 is 1.66 bits per heavy atom. The number of hydrogen-bond acceptors (Lipinski definition) is 4. The van der Waals surface area contributed by atoms with Crippen molar-refractivity contribution in [1.29, 1.82) is 0 Å². The number of nitrogens with zero attached hydrogens (tertiary/aromatic N) is 1. The first-order valence-corrected chi connectivity index (χ1v) is 10.8. The Kier molecular flexibility index (Phi) is 5.71. The van der Waals surface area contributed by atoms with Crippen LogP contribution in [-0.4, -0.2) is 17.4 Å². The van der Waals surface area contributed by atoms with Crippen LogP contribution < -0.4 is 14.8 Å². The number of hydrogen-bond donors (Lipinski definition) is 1. The number of rotatable bonds is 6. The molecule has 2 heterocycles. The van der Waals surface area contributed by atoms with E-state index in [0.29, 0.717) is 13.2 Å². The topological polar surface area (TPSA) is 60.5 Å². The number of carbonyl (C=O) groups excluding carboxylic acids is 1. The van der Waals surface area contributed by atoms with Gasteiger partial charge in [0.25, 0.3) is 5.91 Å². The molecule has 1 aliphatic rings. The van der Waals surface area contributed by atoms with Crippen LogP contribution in [0.3, 0.4) is 0 Å². The van der Waals surface area contributed by atoms with Gasteiger partial charge in [-0.25, -0.2) is 4.98 Å². The Morgan fingerprint density at radius 1 is 0.844 bits per heavy atom. The zero-order valence-electron chi connectivity index (χ0n) is 17.7. The Bertz CT molecular complexity index is 1250. The van der Waals surface area contributed by atoms with E-state index in [4.69, 9.17) is 9.47 Å². The van der Waals surface area contributed by atoms with E-state index in [1.165, 1.54) is 0 Å². The fraction of sp³-hybridized carbons (Fsp3) is 0.185. The van der Waals surface area contributed by atoms with Crippen LogP contribution in [0.4, 0.5) is 0 Å². The van der Waals surface area contributed by atoms with Crippen molar-refractivity contribution in [2.75, 3.05) is 6.54 Å². The molecular weight excluding hydrogens is 400 g/mol. The standard InChI is InChI=1S/C27H24N2O3/c30-27-25-14-13-24(16-21(25)5-3-15-28-27)31-17-19-7-11-23(12-8-19)32-18-22-10-9-20-4-1-2-6-26(20)29-22/h1-2,4,6-14,16H,3,5,15,17-18H2,(H,28,30). The number of fused-ring (bicyclic) bond motifs is 2. The molecule has 0 bridgehead atoms. The lowest BCUT2D eigenvalue weighted by Crippen LogP contribution is -2.22. The summed E-state index contributed by atoms with van der Waals surface area (Å²) < 4.78 is 11.9. The molecule has 1 aliphatic heterocycles. The van der Waals surface area contributed by atoms with Crippen LogP contribution in [-0.2, 0) is 19.6 Å². The Hall–Kier alpha value is -3.86. The highest BCUT2D eigenvalue weighted by Gasteiger charge is 2.15. The van der Waals surface area contributed by atoms with Gasteiger partial charge < -0.3 is 14.8 Å². The van der Waals surface area contributed by atoms with Crippen LogP contribution in [0.15, 0.2) is 78.9 Å². The molecule has 1 N–H and O–H groups in total. The molecule has 3 aromatic carbocycles. The van der Waals surface area contributed by atoms with E-state index in [1.54, 1.807) is 0 Å². The molecule has 0 atom stereocenters. The molecule has 5 nitrogen and oxygen atoms in total. The molecular formula is C27H24N2O3. The lowest BCUT2D eigenvalue weighted by atomic mass is 10.0. The van der Waals surface area contributed by atoms with Gasteiger partial charge in [-0.1, -0.05) is 36.4 Å². The minimum absolute atomic E-state index is 0.00136. The molecule has 0 spiro atoms. The molecule has 1 amide bonds. The molecule has 4 aromatic rings. The molecule has 0 saturated heterocycles. The lowest BCUT2D eigenvalue weighted by molar-refractivity contribution is 0.0956. The van der Waals surface area contributed by atoms with Crippen molar-refractivity contribution in [2.24, 2.45) is 0 Å². The number of ether oxygens (including phenoxy) is 2. The highest BCUT2D eigenvalue weighted by molar-refractivity contribution is 5.96. The molecule has 0 fully saturated rings. The summed E-state index contributed by atoms with van der Waals surface area (Å²) in [5.41, 5.74) is 4.71. The smallest absolute Gasteiger partial charge is 0.251 e. The van der Waals surface area contributed by atoms with Crippen LogP contribution in [0.2, 0.25) is 0 Å². The van der Waals surface area contributed by atoms with Crippen molar-refractivity contribution >= 4 is 16.8 Å². The average molecular weight is 425 g/mol. The molecule has 0 saturated carbocycles. The first-order chi connectivity index (χ1) is 15.7. The highest BCUT2D eigenvalue weighted by atomic mass is 16.5. The minimum Gasteiger partial charge on any atom is -0.489 e. The number of pyridine rings is 1. The SMILES string of the molecule is O=C1NCCCc2cc(OCc3ccc(OCc4ccc5ccccc5n4)cc3)ccc21. The number of para-hydroxylation sites is 1. The van der Waals surface area contributed by atoms with Crippen LogP contribution in [0.1, 0.15) is 33.6 Å². The van der Waals surface area contributed by atoms with Crippen molar-refractivity contribution in [1.82, 2.24) is 10.3 Å². The molecule has 0 aliphatic carbocycles. The first-order valence-electron chi connectivity index (χ1n) is 10.8. The summed E-state index contributed by atoms with van der Waals surface area (Å²) in [4.78, 5) is 16.7. The van der Waals surface area contributed by atoms with Gasteiger partial charge in [0.1, 0.15) is 24.7 Å². The fourth-order valence-corrected chi connectivity index (χ4v) is 3.86. The van der Waals surface area contributed by atoms with Gasteiger partial charge in [0.05, 0.1) is 11.2 Å². The summed E-state index contributed by atoms with van der Waals surface area (Å²) in [5.74, 6) is 1.57. The van der Waals surface area contributed by atoms with Gasteiger partial charge in [-0.3, -0.25) is 4.79 Å². The average Bonchev–Trinajstić information content (AvgIpc) is 3.03. The maximum Gasteiger partial charge on any atom is 0.251 e. The van der Waals surface area contributed by atoms with Crippen molar-refractivity contribution in [3.05, 3.63) is 101 Å². The molecule has 0 radical (unpaired) electrons. The van der Waals surface area contributed by atoms with Crippen molar-refractivity contribution in [3.63, 3.8) is 0 Å². The second kappa shape index (κ2) is 9.10. The van der Waals surface area contributed by atoms with E-state index in [-0.39, 0.29) is 5.91 Å². The largest absolute Gasteiger partial charge is 0.489 e. The van der Waals surface area contributed by atoms with Crippen LogP contribution in [0, 0.1) is 0 Å². The third-order valence-electron chi connectivity index (χ3n) is 5.60. The van der Waals surface area contributed by atoms with Gasteiger partial charge in [-0.15, -0.1) is 0 Å². The third-order valence-corrected chi connectivity index (χ3v) is 5.60. The van der Waals surface area contributed by atoms with Gasteiger partial charge in [0.15, 0.2) is 0 Å². The molecule has 5 rings (SSSR count). The Labute approximate surface area is 187 Å². The van der Waals surface area contributed by atoms with Gasteiger partial charge in [0.2, 0.25) is 0 Å². The zero-order chi connectivity index (χ0) is 21.8. The predicted molar refractivity (Wildman–Crippen MR) is 124 cm³/mol. The lowest BCUT2D eigenvalue weighted by Gasteiger charge is -2.11. The van der Waals surface area contributed by atoms with E-state index in [9.17, 15) is 4.79 Å². The van der Waals surface area contributed by atoms with Gasteiger partial charge >= 0.3 is 0 Å². The number of nitrogens with one attached hydrogen (secondary N) is 1. The van der Waals surface area contributed by atoms with Crippen molar-refractivity contribution < 1.29 is 14.3 Å². The van der Waals surface area contributed by atoms with Crippen LogP contribution in [0.5, 0.6) is 11.5 Å². The number of aryl methyl sites for hydroxylation is 1. The summed E-state index contributed by atoms with van der Waals surface area (Å²) in [7, 11) is 0. The number of carbonyl (C=O) groups is 1. The second-order valence-electron chi connectivity index (χ2n) is 7.89. The highest BCUT2D eigenvalue weighted by Crippen LogP contribution is 2.23. The van der Waals surface area contributed by atoms with E-state index < -0.39 is 0 Å². The van der Waals surface area contributed by atoms with E-state index in [0.717, 1.165) is 64.2 Å². The van der Waals surface area contributed by atoms with E-state index in [1.807, 2.05) is 66.7 Å². The van der Waals surface area contributed by atoms with Gasteiger partial charge in [-0.05, 0) is 66.4 Å². The molecule has 32 heavy (non-hydrogen) atoms. The molecule has 1 aromatic heterocycles.